The minimum atomic E-state index is -0.909. The molecule has 0 saturated carbocycles. The van der Waals surface area contributed by atoms with E-state index in [9.17, 15) is 19.7 Å². The molecule has 2 rings (SSSR count). The number of nitrogens with one attached hydrogen (secondary N) is 1. The van der Waals surface area contributed by atoms with Crippen molar-refractivity contribution in [3.8, 4) is 0 Å². The molecule has 2 aromatic carbocycles. The normalized spacial score (nSPS) is 10.3. The molecule has 0 bridgehead atoms. The zero-order chi connectivity index (χ0) is 19.4. The lowest BCUT2D eigenvalue weighted by Gasteiger charge is -2.10. The van der Waals surface area contributed by atoms with Gasteiger partial charge in [0.15, 0.2) is 6.61 Å². The van der Waals surface area contributed by atoms with Gasteiger partial charge in [0.25, 0.3) is 11.6 Å². The molecule has 0 aliphatic carbocycles. The monoisotopic (exact) mass is 417 g/mol. The van der Waals surface area contributed by atoms with E-state index in [-0.39, 0.29) is 37.7 Å². The van der Waals surface area contributed by atoms with E-state index in [2.05, 4.69) is 5.32 Å². The van der Waals surface area contributed by atoms with Crippen LogP contribution in [0.15, 0.2) is 30.3 Å². The third kappa shape index (κ3) is 4.75. The fourth-order valence-corrected chi connectivity index (χ4v) is 2.46. The number of nitrogen functional groups attached to an aromatic ring is 1. The molecule has 0 atom stereocenters. The maximum Gasteiger partial charge on any atom is 0.340 e. The lowest BCUT2D eigenvalue weighted by Crippen LogP contribution is -2.21. The van der Waals surface area contributed by atoms with Gasteiger partial charge in [-0.25, -0.2) is 4.79 Å². The molecule has 0 unspecified atom stereocenters. The molecule has 0 heterocycles. The van der Waals surface area contributed by atoms with Gasteiger partial charge in [0.05, 0.1) is 36.9 Å². The Morgan fingerprint density at radius 2 is 1.77 bits per heavy atom. The van der Waals surface area contributed by atoms with E-state index in [1.807, 2.05) is 0 Å². The minimum absolute atomic E-state index is 0.101. The molecule has 1 amide bonds. The first kappa shape index (κ1) is 19.8. The highest BCUT2D eigenvalue weighted by Gasteiger charge is 2.17. The van der Waals surface area contributed by atoms with Gasteiger partial charge in [-0.3, -0.25) is 14.9 Å². The van der Waals surface area contributed by atoms with Crippen LogP contribution in [-0.4, -0.2) is 23.4 Å². The fourth-order valence-electron chi connectivity index (χ4n) is 1.86. The van der Waals surface area contributed by atoms with Gasteiger partial charge in [-0.1, -0.05) is 34.8 Å². The average molecular weight is 419 g/mol. The van der Waals surface area contributed by atoms with Gasteiger partial charge in [0, 0.05) is 12.1 Å². The van der Waals surface area contributed by atoms with E-state index in [4.69, 9.17) is 45.3 Å². The number of nitro groups is 1. The Morgan fingerprint density at radius 1 is 1.12 bits per heavy atom. The zero-order valence-corrected chi connectivity index (χ0v) is 15.1. The van der Waals surface area contributed by atoms with Crippen LogP contribution in [0.25, 0.3) is 0 Å². The molecular formula is C15H10Cl3N3O5. The summed E-state index contributed by atoms with van der Waals surface area (Å²) in [4.78, 5) is 33.8. The molecule has 0 fully saturated rings. The van der Waals surface area contributed by atoms with Crippen LogP contribution in [-0.2, 0) is 9.53 Å². The second-order valence-electron chi connectivity index (χ2n) is 4.90. The minimum Gasteiger partial charge on any atom is -0.452 e. The molecule has 3 N–H and O–H groups in total. The van der Waals surface area contributed by atoms with Crippen LogP contribution in [0.2, 0.25) is 15.1 Å². The van der Waals surface area contributed by atoms with Crippen molar-refractivity contribution in [2.45, 2.75) is 0 Å². The lowest BCUT2D eigenvalue weighted by molar-refractivity contribution is -0.384. The fraction of sp³-hybridized carbons (Fsp3) is 0.0667. The molecular weight excluding hydrogens is 409 g/mol. The van der Waals surface area contributed by atoms with E-state index in [1.165, 1.54) is 12.1 Å². The van der Waals surface area contributed by atoms with Gasteiger partial charge in [-0.15, -0.1) is 0 Å². The Morgan fingerprint density at radius 3 is 2.38 bits per heavy atom. The molecule has 136 valence electrons. The van der Waals surface area contributed by atoms with Gasteiger partial charge < -0.3 is 15.8 Å². The maximum atomic E-state index is 12.0. The van der Waals surface area contributed by atoms with Gasteiger partial charge in [0.1, 0.15) is 0 Å². The van der Waals surface area contributed by atoms with E-state index >= 15 is 0 Å². The summed E-state index contributed by atoms with van der Waals surface area (Å²) in [6, 6.07) is 5.96. The van der Waals surface area contributed by atoms with Gasteiger partial charge >= 0.3 is 5.97 Å². The number of benzene rings is 2. The third-order valence-electron chi connectivity index (χ3n) is 3.08. The molecule has 0 aliphatic rings. The van der Waals surface area contributed by atoms with E-state index in [0.717, 1.165) is 18.2 Å². The highest BCUT2D eigenvalue weighted by atomic mass is 35.5. The quantitative estimate of drug-likeness (QED) is 0.249. The van der Waals surface area contributed by atoms with Crippen LogP contribution < -0.4 is 11.1 Å². The number of nitrogens with two attached hydrogens (primary N) is 1. The Hall–Kier alpha value is -2.55. The number of rotatable bonds is 5. The molecule has 0 aromatic heterocycles. The van der Waals surface area contributed by atoms with Gasteiger partial charge in [-0.2, -0.15) is 0 Å². The number of hydrogen-bond donors (Lipinski definition) is 2. The van der Waals surface area contributed by atoms with Crippen molar-refractivity contribution in [3.63, 3.8) is 0 Å². The van der Waals surface area contributed by atoms with Crippen LogP contribution in [0, 0.1) is 10.1 Å². The molecule has 0 aliphatic heterocycles. The zero-order valence-electron chi connectivity index (χ0n) is 12.8. The number of carbonyl (C=O) groups excluding carboxylic acids is 2. The van der Waals surface area contributed by atoms with Gasteiger partial charge in [0.2, 0.25) is 0 Å². The number of non-ortho nitro benzene ring substituents is 1. The summed E-state index contributed by atoms with van der Waals surface area (Å²) < 4.78 is 4.83. The largest absolute Gasteiger partial charge is 0.452 e. The van der Waals surface area contributed by atoms with Crippen LogP contribution in [0.4, 0.5) is 17.1 Å². The van der Waals surface area contributed by atoms with Crippen molar-refractivity contribution in [1.29, 1.82) is 0 Å². The van der Waals surface area contributed by atoms with Crippen molar-refractivity contribution < 1.29 is 19.2 Å². The molecule has 0 spiro atoms. The number of nitro benzene ring substituents is 1. The molecule has 2 aromatic rings. The predicted octanol–water partition coefficient (Wildman–Crippen LogP) is 3.93. The Kier molecular flexibility index (Phi) is 6.25. The maximum absolute atomic E-state index is 12.0. The highest BCUT2D eigenvalue weighted by Crippen LogP contribution is 2.32. The lowest BCUT2D eigenvalue weighted by atomic mass is 10.1. The Balaban J connectivity index is 2.00. The highest BCUT2D eigenvalue weighted by molar-refractivity contribution is 6.44. The van der Waals surface area contributed by atoms with Crippen molar-refractivity contribution in [2.75, 3.05) is 17.7 Å². The number of nitrogens with zero attached hydrogens (tertiary/aromatic N) is 1. The first-order valence-electron chi connectivity index (χ1n) is 6.84. The number of halogens is 3. The summed E-state index contributed by atoms with van der Waals surface area (Å²) in [6.07, 6.45) is 0. The summed E-state index contributed by atoms with van der Waals surface area (Å²) in [5, 5.41) is 13.6. The molecule has 0 saturated heterocycles. The summed E-state index contributed by atoms with van der Waals surface area (Å²) >= 11 is 17.6. The number of amides is 1. The second kappa shape index (κ2) is 8.22. The smallest absolute Gasteiger partial charge is 0.340 e. The Bertz CT molecular complexity index is 904. The summed E-state index contributed by atoms with van der Waals surface area (Å²) in [7, 11) is 0. The summed E-state index contributed by atoms with van der Waals surface area (Å²) in [5.41, 5.74) is 5.27. The molecule has 8 nitrogen and oxygen atoms in total. The molecule has 11 heteroatoms. The van der Waals surface area contributed by atoms with Crippen molar-refractivity contribution in [3.05, 3.63) is 61.1 Å². The van der Waals surface area contributed by atoms with Crippen molar-refractivity contribution in [1.82, 2.24) is 0 Å². The first-order chi connectivity index (χ1) is 12.2. The molecule has 0 radical (unpaired) electrons. The number of carbonyl (C=O) groups is 2. The predicted molar refractivity (Wildman–Crippen MR) is 97.9 cm³/mol. The van der Waals surface area contributed by atoms with Crippen molar-refractivity contribution in [2.24, 2.45) is 0 Å². The van der Waals surface area contributed by atoms with Crippen molar-refractivity contribution >= 4 is 63.7 Å². The van der Waals surface area contributed by atoms with E-state index < -0.39 is 23.4 Å². The SMILES string of the molecule is Nc1cc([N+](=O)[O-])ccc1C(=O)OCC(=O)Nc1cc(Cl)c(Cl)cc1Cl. The average Bonchev–Trinajstić information content (AvgIpc) is 2.57. The number of ether oxygens (including phenoxy) is 1. The Labute approximate surface area is 161 Å². The number of esters is 1. The summed E-state index contributed by atoms with van der Waals surface area (Å²) in [5.74, 6) is -1.59. The van der Waals surface area contributed by atoms with Gasteiger partial charge in [-0.05, 0) is 18.2 Å². The van der Waals surface area contributed by atoms with E-state index in [0.29, 0.717) is 0 Å². The molecule has 26 heavy (non-hydrogen) atoms. The van der Waals surface area contributed by atoms with Crippen LogP contribution in [0.5, 0.6) is 0 Å². The van der Waals surface area contributed by atoms with E-state index in [1.54, 1.807) is 0 Å². The standard InChI is InChI=1S/C15H10Cl3N3O5/c16-9-4-11(18)13(5-10(9)17)20-14(22)6-26-15(23)8-2-1-7(21(24)25)3-12(8)19/h1-5H,6,19H2,(H,20,22). The summed E-state index contributed by atoms with van der Waals surface area (Å²) in [6.45, 7) is -0.633. The van der Waals surface area contributed by atoms with Crippen LogP contribution >= 0.6 is 34.8 Å². The third-order valence-corrected chi connectivity index (χ3v) is 4.12. The number of anilines is 2. The second-order valence-corrected chi connectivity index (χ2v) is 6.12. The van der Waals surface area contributed by atoms with Crippen LogP contribution in [0.3, 0.4) is 0 Å². The first-order valence-corrected chi connectivity index (χ1v) is 7.98. The number of hydrogen-bond acceptors (Lipinski definition) is 6. The topological polar surface area (TPSA) is 125 Å². The van der Waals surface area contributed by atoms with Crippen LogP contribution in [0.1, 0.15) is 10.4 Å².